The van der Waals surface area contributed by atoms with Crippen molar-refractivity contribution in [2.75, 3.05) is 13.7 Å². The molecule has 26 heavy (non-hydrogen) atoms. The second kappa shape index (κ2) is 7.03. The van der Waals surface area contributed by atoms with E-state index in [1.165, 1.54) is 24.8 Å². The van der Waals surface area contributed by atoms with Gasteiger partial charge in [0.1, 0.15) is 5.41 Å². The van der Waals surface area contributed by atoms with E-state index in [0.717, 1.165) is 12.0 Å². The van der Waals surface area contributed by atoms with Gasteiger partial charge < -0.3 is 4.74 Å². The molecule has 1 saturated carbocycles. The Labute approximate surface area is 159 Å². The summed E-state index contributed by atoms with van der Waals surface area (Å²) in [5, 5.41) is 9.46. The zero-order chi connectivity index (χ0) is 18.9. The van der Waals surface area contributed by atoms with Crippen molar-refractivity contribution in [3.63, 3.8) is 0 Å². The van der Waals surface area contributed by atoms with Gasteiger partial charge in [-0.15, -0.1) is 0 Å². The van der Waals surface area contributed by atoms with Crippen LogP contribution in [0.15, 0.2) is 53.4 Å². The Bertz CT molecular complexity index is 933. The second-order valence-corrected chi connectivity index (χ2v) is 9.08. The fourth-order valence-corrected chi connectivity index (χ4v) is 6.08. The third-order valence-corrected chi connectivity index (χ3v) is 7.61. The molecule has 0 bridgehead atoms. The average molecular weight is 390 g/mol. The zero-order valence-electron chi connectivity index (χ0n) is 14.6. The van der Waals surface area contributed by atoms with Crippen molar-refractivity contribution in [1.29, 1.82) is 5.26 Å². The lowest BCUT2D eigenvalue weighted by Crippen LogP contribution is -2.19. The Morgan fingerprint density at radius 2 is 1.77 bits per heavy atom. The predicted octanol–water partition coefficient (Wildman–Crippen LogP) is 4.00. The monoisotopic (exact) mass is 389 g/mol. The number of aryl methyl sites for hydroxylation is 1. The molecule has 0 heterocycles. The molecule has 1 fully saturated rings. The number of halogens is 1. The van der Waals surface area contributed by atoms with Crippen LogP contribution in [0, 0.1) is 16.7 Å². The number of methoxy groups -OCH3 is 1. The van der Waals surface area contributed by atoms with Gasteiger partial charge in [-0.05, 0) is 41.8 Å². The van der Waals surface area contributed by atoms with Gasteiger partial charge in [-0.2, -0.15) is 5.26 Å². The van der Waals surface area contributed by atoms with E-state index >= 15 is 0 Å². The van der Waals surface area contributed by atoms with Crippen LogP contribution < -0.4 is 0 Å². The largest absolute Gasteiger partial charge is 0.383 e. The van der Waals surface area contributed by atoms with E-state index in [1.807, 2.05) is 24.3 Å². The molecule has 1 aliphatic rings. The molecule has 2 aromatic carbocycles. The molecule has 0 aromatic heterocycles. The molecule has 1 aliphatic carbocycles. The van der Waals surface area contributed by atoms with E-state index < -0.39 is 26.4 Å². The molecule has 136 valence electrons. The standard InChI is InChI=1S/C20H20ClNO3S/c1-3-14-4-6-15(7-5-14)18-19(20(18,12-22)13-25-2)26(23,24)17-10-8-16(21)9-11-17/h4-11,18-19H,3,13H2,1-2H3/t18-,19+,20-/m0/s1. The molecule has 6 heteroatoms. The van der Waals surface area contributed by atoms with Crippen LogP contribution in [-0.4, -0.2) is 27.4 Å². The SMILES string of the molecule is CCc1ccc([C@H]2[C@@H](S(=O)(=O)c3ccc(Cl)cc3)[C@@]2(C#N)COC)cc1. The Balaban J connectivity index is 2.05. The van der Waals surface area contributed by atoms with E-state index in [2.05, 4.69) is 13.0 Å². The minimum atomic E-state index is -3.70. The van der Waals surface area contributed by atoms with Crippen LogP contribution in [0.1, 0.15) is 24.0 Å². The fraction of sp³-hybridized carbons (Fsp3) is 0.350. The quantitative estimate of drug-likeness (QED) is 0.748. The molecule has 0 amide bonds. The summed E-state index contributed by atoms with van der Waals surface area (Å²) in [4.78, 5) is 0.176. The van der Waals surface area contributed by atoms with Crippen molar-refractivity contribution in [1.82, 2.24) is 0 Å². The van der Waals surface area contributed by atoms with Gasteiger partial charge in [0, 0.05) is 18.1 Å². The van der Waals surface area contributed by atoms with Crippen molar-refractivity contribution >= 4 is 21.4 Å². The van der Waals surface area contributed by atoms with Crippen molar-refractivity contribution in [2.45, 2.75) is 29.4 Å². The third-order valence-electron chi connectivity index (χ3n) is 5.07. The minimum absolute atomic E-state index is 0.0706. The Morgan fingerprint density at radius 1 is 1.15 bits per heavy atom. The maximum atomic E-state index is 13.2. The van der Waals surface area contributed by atoms with E-state index in [9.17, 15) is 13.7 Å². The van der Waals surface area contributed by atoms with E-state index in [-0.39, 0.29) is 11.5 Å². The zero-order valence-corrected chi connectivity index (χ0v) is 16.2. The molecule has 2 aromatic rings. The summed E-state index contributed by atoms with van der Waals surface area (Å²) in [6.45, 7) is 2.13. The van der Waals surface area contributed by atoms with Gasteiger partial charge in [0.05, 0.1) is 22.8 Å². The molecule has 3 rings (SSSR count). The van der Waals surface area contributed by atoms with E-state index in [0.29, 0.717) is 5.02 Å². The molecule has 0 N–H and O–H groups in total. The van der Waals surface area contributed by atoms with Gasteiger partial charge in [0.25, 0.3) is 0 Å². The smallest absolute Gasteiger partial charge is 0.183 e. The summed E-state index contributed by atoms with van der Waals surface area (Å²) < 4.78 is 31.7. The van der Waals surface area contributed by atoms with Crippen molar-refractivity contribution in [3.05, 3.63) is 64.7 Å². The molecule has 0 aliphatic heterocycles. The van der Waals surface area contributed by atoms with Crippen molar-refractivity contribution in [2.24, 2.45) is 5.41 Å². The summed E-state index contributed by atoms with van der Waals surface area (Å²) >= 11 is 5.88. The summed E-state index contributed by atoms with van der Waals surface area (Å²) in [6, 6.07) is 16.1. The molecule has 0 spiro atoms. The lowest BCUT2D eigenvalue weighted by Gasteiger charge is -2.08. The molecular weight excluding hydrogens is 370 g/mol. The first-order chi connectivity index (χ1) is 12.4. The second-order valence-electron chi connectivity index (χ2n) is 6.58. The number of sulfone groups is 1. The average Bonchev–Trinajstić information content (AvgIpc) is 3.32. The minimum Gasteiger partial charge on any atom is -0.383 e. The predicted molar refractivity (Wildman–Crippen MR) is 101 cm³/mol. The summed E-state index contributed by atoms with van der Waals surface area (Å²) in [5.41, 5.74) is 0.935. The number of benzene rings is 2. The van der Waals surface area contributed by atoms with Crippen LogP contribution in [0.25, 0.3) is 0 Å². The Kier molecular flexibility index (Phi) is 5.12. The number of hydrogen-bond donors (Lipinski definition) is 0. The van der Waals surface area contributed by atoms with Gasteiger partial charge >= 0.3 is 0 Å². The van der Waals surface area contributed by atoms with Gasteiger partial charge in [0.15, 0.2) is 9.84 Å². The first-order valence-electron chi connectivity index (χ1n) is 8.39. The Hall–Kier alpha value is -1.87. The summed E-state index contributed by atoms with van der Waals surface area (Å²) in [6.07, 6.45) is 0.902. The lowest BCUT2D eigenvalue weighted by molar-refractivity contribution is 0.162. The third kappa shape index (κ3) is 3.03. The van der Waals surface area contributed by atoms with Crippen LogP contribution in [0.4, 0.5) is 0 Å². The van der Waals surface area contributed by atoms with Crippen LogP contribution in [0.3, 0.4) is 0 Å². The maximum Gasteiger partial charge on any atom is 0.183 e. The molecule has 0 radical (unpaired) electrons. The number of rotatable bonds is 6. The van der Waals surface area contributed by atoms with Crippen LogP contribution in [0.2, 0.25) is 5.02 Å². The van der Waals surface area contributed by atoms with E-state index in [4.69, 9.17) is 16.3 Å². The van der Waals surface area contributed by atoms with Gasteiger partial charge in [-0.25, -0.2) is 8.42 Å². The van der Waals surface area contributed by atoms with E-state index in [1.54, 1.807) is 12.1 Å². The lowest BCUT2D eigenvalue weighted by atomic mass is 10.00. The van der Waals surface area contributed by atoms with Crippen molar-refractivity contribution < 1.29 is 13.2 Å². The number of nitrogens with zero attached hydrogens (tertiary/aromatic N) is 1. The fourth-order valence-electron chi connectivity index (χ4n) is 3.64. The number of nitriles is 1. The van der Waals surface area contributed by atoms with Crippen LogP contribution >= 0.6 is 11.6 Å². The van der Waals surface area contributed by atoms with Crippen LogP contribution in [0.5, 0.6) is 0 Å². The van der Waals surface area contributed by atoms with Gasteiger partial charge in [-0.1, -0.05) is 42.8 Å². The maximum absolute atomic E-state index is 13.2. The Morgan fingerprint density at radius 3 is 2.27 bits per heavy atom. The highest BCUT2D eigenvalue weighted by molar-refractivity contribution is 7.92. The summed E-state index contributed by atoms with van der Waals surface area (Å²) in [5.74, 6) is -0.418. The van der Waals surface area contributed by atoms with Crippen molar-refractivity contribution in [3.8, 4) is 6.07 Å². The molecule has 4 nitrogen and oxygen atoms in total. The number of hydrogen-bond acceptors (Lipinski definition) is 4. The van der Waals surface area contributed by atoms with Gasteiger partial charge in [-0.3, -0.25) is 0 Å². The highest BCUT2D eigenvalue weighted by atomic mass is 35.5. The topological polar surface area (TPSA) is 67.2 Å². The molecule has 0 saturated heterocycles. The first kappa shape index (κ1) is 18.9. The highest BCUT2D eigenvalue weighted by Gasteiger charge is 2.72. The normalized spacial score (nSPS) is 24.8. The molecule has 0 unspecified atom stereocenters. The number of ether oxygens (including phenoxy) is 1. The summed E-state index contributed by atoms with van der Waals surface area (Å²) in [7, 11) is -2.21. The molecule has 3 atom stereocenters. The highest BCUT2D eigenvalue weighted by Crippen LogP contribution is 2.63. The van der Waals surface area contributed by atoms with Crippen LogP contribution in [-0.2, 0) is 21.0 Å². The first-order valence-corrected chi connectivity index (χ1v) is 10.3. The molecular formula is C20H20ClNO3S. The van der Waals surface area contributed by atoms with Gasteiger partial charge in [0.2, 0.25) is 0 Å².